The Bertz CT molecular complexity index is 609. The molecule has 0 aliphatic rings. The van der Waals surface area contributed by atoms with Crippen molar-refractivity contribution in [3.05, 3.63) is 40.6 Å². The van der Waals surface area contributed by atoms with Crippen LogP contribution in [0.4, 0.5) is 5.95 Å². The third-order valence-electron chi connectivity index (χ3n) is 3.36. The third-order valence-corrected chi connectivity index (χ3v) is 3.89. The molecule has 2 rings (SSSR count). The molecule has 0 aliphatic heterocycles. The van der Waals surface area contributed by atoms with E-state index in [0.29, 0.717) is 24.8 Å². The molecule has 2 aromatic rings. The molecule has 22 heavy (non-hydrogen) atoms. The normalized spacial score (nSPS) is 12.1. The van der Waals surface area contributed by atoms with E-state index in [-0.39, 0.29) is 5.91 Å². The van der Waals surface area contributed by atoms with E-state index in [2.05, 4.69) is 45.2 Å². The molecular weight excluding hydrogens is 344 g/mol. The molecule has 0 aliphatic carbocycles. The maximum atomic E-state index is 11.9. The minimum atomic E-state index is -0.0256. The summed E-state index contributed by atoms with van der Waals surface area (Å²) in [5, 5.41) is 7.04. The lowest BCUT2D eigenvalue weighted by Gasteiger charge is -2.08. The predicted molar refractivity (Wildman–Crippen MR) is 90.6 cm³/mol. The van der Waals surface area contributed by atoms with Crippen LogP contribution in [0.15, 0.2) is 35.1 Å². The van der Waals surface area contributed by atoms with Gasteiger partial charge in [0.25, 0.3) is 0 Å². The second kappa shape index (κ2) is 8.08. The molecule has 1 unspecified atom stereocenters. The first-order chi connectivity index (χ1) is 10.6. The summed E-state index contributed by atoms with van der Waals surface area (Å²) in [4.78, 5) is 16.0. The SMILES string of the molecule is CCCC(C)CC(=O)Nc1ncn(Cc2ccc(Br)cc2)n1. The maximum absolute atomic E-state index is 11.9. The average molecular weight is 365 g/mol. The van der Waals surface area contributed by atoms with Gasteiger partial charge in [-0.25, -0.2) is 9.67 Å². The number of hydrogen-bond donors (Lipinski definition) is 1. The van der Waals surface area contributed by atoms with E-state index >= 15 is 0 Å². The fourth-order valence-corrected chi connectivity index (χ4v) is 2.56. The minimum absolute atomic E-state index is 0.0256. The number of amides is 1. The molecule has 118 valence electrons. The molecule has 1 heterocycles. The molecule has 0 radical (unpaired) electrons. The number of benzene rings is 1. The molecule has 0 bridgehead atoms. The van der Waals surface area contributed by atoms with Crippen molar-refractivity contribution in [3.63, 3.8) is 0 Å². The first-order valence-electron chi connectivity index (χ1n) is 7.50. The molecule has 1 N–H and O–H groups in total. The van der Waals surface area contributed by atoms with E-state index < -0.39 is 0 Å². The van der Waals surface area contributed by atoms with Crippen molar-refractivity contribution in [1.82, 2.24) is 14.8 Å². The monoisotopic (exact) mass is 364 g/mol. The standard InChI is InChI=1S/C16H21BrN4O/c1-3-4-12(2)9-15(22)19-16-18-11-21(20-16)10-13-5-7-14(17)8-6-13/h5-8,11-12H,3-4,9-10H2,1-2H3,(H,19,20,22). The van der Waals surface area contributed by atoms with Crippen LogP contribution in [-0.4, -0.2) is 20.7 Å². The maximum Gasteiger partial charge on any atom is 0.248 e. The Balaban J connectivity index is 1.88. The number of anilines is 1. The average Bonchev–Trinajstić information content (AvgIpc) is 2.88. The zero-order valence-corrected chi connectivity index (χ0v) is 14.5. The summed E-state index contributed by atoms with van der Waals surface area (Å²) in [5.74, 6) is 0.725. The number of carbonyl (C=O) groups is 1. The van der Waals surface area contributed by atoms with Gasteiger partial charge in [0.15, 0.2) is 0 Å². The Morgan fingerprint density at radius 1 is 1.36 bits per heavy atom. The number of carbonyl (C=O) groups excluding carboxylic acids is 1. The lowest BCUT2D eigenvalue weighted by Crippen LogP contribution is -2.16. The van der Waals surface area contributed by atoms with Gasteiger partial charge in [-0.1, -0.05) is 54.8 Å². The Morgan fingerprint density at radius 2 is 2.09 bits per heavy atom. The number of aromatic nitrogens is 3. The number of rotatable bonds is 7. The fourth-order valence-electron chi connectivity index (χ4n) is 2.29. The molecule has 1 aromatic carbocycles. The predicted octanol–water partition coefficient (Wildman–Crippen LogP) is 3.85. The molecule has 5 nitrogen and oxygen atoms in total. The van der Waals surface area contributed by atoms with Gasteiger partial charge in [0, 0.05) is 10.9 Å². The van der Waals surface area contributed by atoms with E-state index in [1.165, 1.54) is 0 Å². The van der Waals surface area contributed by atoms with Gasteiger partial charge in [0.1, 0.15) is 6.33 Å². The molecule has 0 saturated heterocycles. The zero-order chi connectivity index (χ0) is 15.9. The van der Waals surface area contributed by atoms with E-state index in [1.807, 2.05) is 24.3 Å². The van der Waals surface area contributed by atoms with Crippen molar-refractivity contribution in [1.29, 1.82) is 0 Å². The lowest BCUT2D eigenvalue weighted by molar-refractivity contribution is -0.117. The van der Waals surface area contributed by atoms with Gasteiger partial charge >= 0.3 is 0 Å². The molecule has 1 atom stereocenters. The van der Waals surface area contributed by atoms with Gasteiger partial charge in [0.05, 0.1) is 6.54 Å². The van der Waals surface area contributed by atoms with Crippen molar-refractivity contribution in [2.24, 2.45) is 5.92 Å². The molecule has 6 heteroatoms. The molecule has 1 aromatic heterocycles. The molecule has 0 fully saturated rings. The Morgan fingerprint density at radius 3 is 2.77 bits per heavy atom. The van der Waals surface area contributed by atoms with Crippen LogP contribution in [-0.2, 0) is 11.3 Å². The first kappa shape index (κ1) is 16.7. The van der Waals surface area contributed by atoms with E-state index in [1.54, 1.807) is 11.0 Å². The van der Waals surface area contributed by atoms with Gasteiger partial charge < -0.3 is 0 Å². The number of nitrogens with one attached hydrogen (secondary N) is 1. The van der Waals surface area contributed by atoms with Crippen molar-refractivity contribution < 1.29 is 4.79 Å². The van der Waals surface area contributed by atoms with Crippen molar-refractivity contribution in [2.45, 2.75) is 39.7 Å². The third kappa shape index (κ3) is 5.26. The summed E-state index contributed by atoms with van der Waals surface area (Å²) in [7, 11) is 0. The van der Waals surface area contributed by atoms with Crippen LogP contribution in [0.2, 0.25) is 0 Å². The first-order valence-corrected chi connectivity index (χ1v) is 8.30. The highest BCUT2D eigenvalue weighted by Crippen LogP contribution is 2.12. The number of nitrogens with zero attached hydrogens (tertiary/aromatic N) is 3. The molecule has 0 spiro atoms. The summed E-state index contributed by atoms with van der Waals surface area (Å²) in [6.07, 6.45) is 4.29. The topological polar surface area (TPSA) is 59.8 Å². The van der Waals surface area contributed by atoms with Gasteiger partial charge in [-0.2, -0.15) is 0 Å². The van der Waals surface area contributed by atoms with Crippen LogP contribution in [0.5, 0.6) is 0 Å². The van der Waals surface area contributed by atoms with Crippen LogP contribution >= 0.6 is 15.9 Å². The highest BCUT2D eigenvalue weighted by molar-refractivity contribution is 9.10. The second-order valence-corrected chi connectivity index (χ2v) is 6.45. The summed E-state index contributed by atoms with van der Waals surface area (Å²) in [5.41, 5.74) is 1.13. The molecular formula is C16H21BrN4O. The van der Waals surface area contributed by atoms with E-state index in [0.717, 1.165) is 22.9 Å². The quantitative estimate of drug-likeness (QED) is 0.811. The van der Waals surface area contributed by atoms with Gasteiger partial charge in [0.2, 0.25) is 11.9 Å². The Kier molecular flexibility index (Phi) is 6.12. The fraction of sp³-hybridized carbons (Fsp3) is 0.438. The molecule has 0 saturated carbocycles. The lowest BCUT2D eigenvalue weighted by atomic mass is 10.0. The van der Waals surface area contributed by atoms with Crippen molar-refractivity contribution >= 4 is 27.8 Å². The summed E-state index contributed by atoms with van der Waals surface area (Å²) in [6.45, 7) is 4.84. The Hall–Kier alpha value is -1.69. The highest BCUT2D eigenvalue weighted by atomic mass is 79.9. The van der Waals surface area contributed by atoms with Crippen LogP contribution < -0.4 is 5.32 Å². The summed E-state index contributed by atoms with van der Waals surface area (Å²) >= 11 is 3.41. The van der Waals surface area contributed by atoms with Gasteiger partial charge in [-0.15, -0.1) is 5.10 Å². The highest BCUT2D eigenvalue weighted by Gasteiger charge is 2.10. The van der Waals surface area contributed by atoms with E-state index in [9.17, 15) is 4.79 Å². The second-order valence-electron chi connectivity index (χ2n) is 5.54. The minimum Gasteiger partial charge on any atom is -0.293 e. The van der Waals surface area contributed by atoms with Crippen LogP contribution in [0, 0.1) is 5.92 Å². The van der Waals surface area contributed by atoms with Crippen molar-refractivity contribution in [2.75, 3.05) is 5.32 Å². The van der Waals surface area contributed by atoms with Crippen LogP contribution in [0.1, 0.15) is 38.7 Å². The van der Waals surface area contributed by atoms with Crippen molar-refractivity contribution in [3.8, 4) is 0 Å². The zero-order valence-electron chi connectivity index (χ0n) is 12.9. The molecule has 1 amide bonds. The largest absolute Gasteiger partial charge is 0.293 e. The number of halogens is 1. The number of hydrogen-bond acceptors (Lipinski definition) is 3. The Labute approximate surface area is 139 Å². The van der Waals surface area contributed by atoms with E-state index in [4.69, 9.17) is 0 Å². The smallest absolute Gasteiger partial charge is 0.248 e. The van der Waals surface area contributed by atoms with Crippen LogP contribution in [0.25, 0.3) is 0 Å². The summed E-state index contributed by atoms with van der Waals surface area (Å²) in [6, 6.07) is 8.03. The van der Waals surface area contributed by atoms with Crippen LogP contribution in [0.3, 0.4) is 0 Å². The van der Waals surface area contributed by atoms with Gasteiger partial charge in [-0.05, 0) is 23.6 Å². The van der Waals surface area contributed by atoms with Gasteiger partial charge in [-0.3, -0.25) is 10.1 Å². The summed E-state index contributed by atoms with van der Waals surface area (Å²) < 4.78 is 2.76.